The van der Waals surface area contributed by atoms with Crippen molar-refractivity contribution in [1.29, 1.82) is 0 Å². The first-order valence-corrected chi connectivity index (χ1v) is 9.62. The summed E-state index contributed by atoms with van der Waals surface area (Å²) < 4.78 is 10.9. The summed E-state index contributed by atoms with van der Waals surface area (Å²) in [6, 6.07) is 8.82. The molecule has 26 heavy (non-hydrogen) atoms. The Hall–Kier alpha value is -1.63. The van der Waals surface area contributed by atoms with Gasteiger partial charge in [0, 0.05) is 59.3 Å². The Balaban J connectivity index is 1.50. The second-order valence-electron chi connectivity index (χ2n) is 7.22. The third-order valence-electron chi connectivity index (χ3n) is 5.08. The van der Waals surface area contributed by atoms with E-state index in [-0.39, 0.29) is 0 Å². The fraction of sp³-hybridized carbons (Fsp3) is 0.650. The van der Waals surface area contributed by atoms with E-state index in [1.807, 2.05) is 7.05 Å². The van der Waals surface area contributed by atoms with Crippen LogP contribution in [0, 0.1) is 5.92 Å². The molecule has 2 saturated heterocycles. The van der Waals surface area contributed by atoms with Crippen molar-refractivity contribution in [2.24, 2.45) is 10.9 Å². The maximum absolute atomic E-state index is 5.48. The summed E-state index contributed by atoms with van der Waals surface area (Å²) in [7, 11) is 3.95. The molecule has 1 atom stereocenters. The van der Waals surface area contributed by atoms with Gasteiger partial charge in [-0.1, -0.05) is 24.3 Å². The van der Waals surface area contributed by atoms with E-state index < -0.39 is 0 Å². The van der Waals surface area contributed by atoms with Crippen LogP contribution in [-0.4, -0.2) is 75.9 Å². The molecule has 6 heteroatoms. The lowest BCUT2D eigenvalue weighted by atomic mass is 10.1. The van der Waals surface area contributed by atoms with Gasteiger partial charge in [-0.3, -0.25) is 9.89 Å². The highest BCUT2D eigenvalue weighted by atomic mass is 16.5. The zero-order valence-electron chi connectivity index (χ0n) is 16.1. The van der Waals surface area contributed by atoms with Gasteiger partial charge in [-0.05, 0) is 17.5 Å². The lowest BCUT2D eigenvalue weighted by Crippen LogP contribution is -2.41. The highest BCUT2D eigenvalue weighted by Crippen LogP contribution is 2.14. The van der Waals surface area contributed by atoms with Crippen LogP contribution in [0.5, 0.6) is 0 Å². The molecular weight excluding hydrogens is 328 g/mol. The molecule has 1 aromatic rings. The molecule has 1 aromatic carbocycles. The molecular formula is C20H32N4O2. The number of hydrogen-bond donors (Lipinski definition) is 1. The van der Waals surface area contributed by atoms with E-state index in [2.05, 4.69) is 51.4 Å². The van der Waals surface area contributed by atoms with Gasteiger partial charge in [0.25, 0.3) is 0 Å². The number of rotatable bonds is 6. The molecule has 2 heterocycles. The number of morpholine rings is 1. The Morgan fingerprint density at radius 1 is 1.23 bits per heavy atom. The molecule has 1 N–H and O–H groups in total. The van der Waals surface area contributed by atoms with Gasteiger partial charge in [-0.15, -0.1) is 0 Å². The fourth-order valence-electron chi connectivity index (χ4n) is 3.62. The van der Waals surface area contributed by atoms with Crippen LogP contribution in [0.15, 0.2) is 29.3 Å². The van der Waals surface area contributed by atoms with Gasteiger partial charge in [-0.25, -0.2) is 0 Å². The maximum Gasteiger partial charge on any atom is 0.193 e. The van der Waals surface area contributed by atoms with Crippen LogP contribution in [0.4, 0.5) is 0 Å². The quantitative estimate of drug-likeness (QED) is 0.616. The summed E-state index contributed by atoms with van der Waals surface area (Å²) in [5, 5.41) is 3.49. The summed E-state index contributed by atoms with van der Waals surface area (Å²) >= 11 is 0. The van der Waals surface area contributed by atoms with Crippen molar-refractivity contribution in [1.82, 2.24) is 15.1 Å². The van der Waals surface area contributed by atoms with Crippen LogP contribution in [0.2, 0.25) is 0 Å². The lowest BCUT2D eigenvalue weighted by Gasteiger charge is -2.27. The largest absolute Gasteiger partial charge is 0.381 e. The van der Waals surface area contributed by atoms with Crippen LogP contribution in [-0.2, 0) is 22.6 Å². The average molecular weight is 361 g/mol. The zero-order chi connectivity index (χ0) is 18.2. The third kappa shape index (κ3) is 5.69. The van der Waals surface area contributed by atoms with E-state index in [0.29, 0.717) is 5.92 Å². The Bertz CT molecular complexity index is 581. The number of benzene rings is 1. The van der Waals surface area contributed by atoms with Gasteiger partial charge in [-0.2, -0.15) is 0 Å². The van der Waals surface area contributed by atoms with Gasteiger partial charge >= 0.3 is 0 Å². The molecule has 2 aliphatic rings. The first-order valence-electron chi connectivity index (χ1n) is 9.62. The zero-order valence-corrected chi connectivity index (χ0v) is 16.1. The van der Waals surface area contributed by atoms with Gasteiger partial charge in [0.2, 0.25) is 0 Å². The van der Waals surface area contributed by atoms with Crippen molar-refractivity contribution in [3.05, 3.63) is 35.4 Å². The van der Waals surface area contributed by atoms with E-state index in [4.69, 9.17) is 9.47 Å². The number of guanidine groups is 1. The van der Waals surface area contributed by atoms with Gasteiger partial charge in [0.05, 0.1) is 19.8 Å². The first kappa shape index (κ1) is 19.1. The van der Waals surface area contributed by atoms with E-state index in [1.165, 1.54) is 11.1 Å². The number of ether oxygens (including phenoxy) is 2. The van der Waals surface area contributed by atoms with E-state index >= 15 is 0 Å². The van der Waals surface area contributed by atoms with Crippen LogP contribution in [0.25, 0.3) is 0 Å². The number of hydrogen-bond acceptors (Lipinski definition) is 4. The molecule has 3 rings (SSSR count). The van der Waals surface area contributed by atoms with Gasteiger partial charge in [0.15, 0.2) is 5.96 Å². The van der Waals surface area contributed by atoms with Crippen LogP contribution >= 0.6 is 0 Å². The molecule has 144 valence electrons. The predicted molar refractivity (Wildman–Crippen MR) is 104 cm³/mol. The second-order valence-corrected chi connectivity index (χ2v) is 7.22. The molecule has 0 amide bonds. The van der Waals surface area contributed by atoms with E-state index in [1.54, 1.807) is 0 Å². The fourth-order valence-corrected chi connectivity index (χ4v) is 3.62. The molecule has 0 aliphatic carbocycles. The van der Waals surface area contributed by atoms with Crippen molar-refractivity contribution in [3.63, 3.8) is 0 Å². The van der Waals surface area contributed by atoms with Gasteiger partial charge < -0.3 is 19.7 Å². The van der Waals surface area contributed by atoms with Crippen molar-refractivity contribution in [3.8, 4) is 0 Å². The summed E-state index contributed by atoms with van der Waals surface area (Å²) in [6.45, 7) is 8.24. The highest BCUT2D eigenvalue weighted by molar-refractivity contribution is 5.79. The van der Waals surface area contributed by atoms with Crippen molar-refractivity contribution in [2.45, 2.75) is 19.5 Å². The topological polar surface area (TPSA) is 49.3 Å². The Labute approximate surface area is 157 Å². The smallest absolute Gasteiger partial charge is 0.193 e. The standard InChI is InChI=1S/C20H32N4O2/c1-21-20(23(2)14-19-6-9-26-16-19)22-13-17-4-3-5-18(12-17)15-24-7-10-25-11-8-24/h3-5,12,19H,6-11,13-16H2,1-2H3,(H,21,22). The number of aliphatic imine (C=N–C) groups is 1. The second kappa shape index (κ2) is 9.90. The minimum atomic E-state index is 0.607. The monoisotopic (exact) mass is 360 g/mol. The maximum atomic E-state index is 5.48. The molecule has 2 fully saturated rings. The molecule has 6 nitrogen and oxygen atoms in total. The molecule has 0 radical (unpaired) electrons. The Kier molecular flexibility index (Phi) is 7.29. The summed E-state index contributed by atoms with van der Waals surface area (Å²) in [5.41, 5.74) is 2.65. The van der Waals surface area contributed by atoms with E-state index in [9.17, 15) is 0 Å². The minimum absolute atomic E-state index is 0.607. The van der Waals surface area contributed by atoms with E-state index in [0.717, 1.165) is 71.5 Å². The predicted octanol–water partition coefficient (Wildman–Crippen LogP) is 1.56. The SMILES string of the molecule is CN=C(NCc1cccc(CN2CCOCC2)c1)N(C)CC1CCOC1. The Morgan fingerprint density at radius 2 is 2.04 bits per heavy atom. The summed E-state index contributed by atoms with van der Waals surface area (Å²) in [4.78, 5) is 9.09. The van der Waals surface area contributed by atoms with Gasteiger partial charge in [0.1, 0.15) is 0 Å². The first-order chi connectivity index (χ1) is 12.7. The molecule has 0 bridgehead atoms. The molecule has 1 unspecified atom stereocenters. The Morgan fingerprint density at radius 3 is 2.77 bits per heavy atom. The van der Waals surface area contributed by atoms with Crippen molar-refractivity contribution in [2.75, 3.05) is 60.2 Å². The molecule has 0 aromatic heterocycles. The number of nitrogens with zero attached hydrogens (tertiary/aromatic N) is 3. The lowest BCUT2D eigenvalue weighted by molar-refractivity contribution is 0.0342. The summed E-state index contributed by atoms with van der Waals surface area (Å²) in [5.74, 6) is 1.55. The summed E-state index contributed by atoms with van der Waals surface area (Å²) in [6.07, 6.45) is 1.14. The van der Waals surface area contributed by atoms with Crippen LogP contribution in [0.1, 0.15) is 17.5 Å². The van der Waals surface area contributed by atoms with Crippen LogP contribution < -0.4 is 5.32 Å². The van der Waals surface area contributed by atoms with Crippen molar-refractivity contribution < 1.29 is 9.47 Å². The molecule has 2 aliphatic heterocycles. The molecule has 0 saturated carbocycles. The van der Waals surface area contributed by atoms with Crippen molar-refractivity contribution >= 4 is 5.96 Å². The van der Waals surface area contributed by atoms with Crippen LogP contribution in [0.3, 0.4) is 0 Å². The minimum Gasteiger partial charge on any atom is -0.381 e. The average Bonchev–Trinajstić information content (AvgIpc) is 3.16. The number of nitrogens with one attached hydrogen (secondary N) is 1. The third-order valence-corrected chi connectivity index (χ3v) is 5.08. The molecule has 0 spiro atoms. The normalized spacial score (nSPS) is 21.8. The highest BCUT2D eigenvalue weighted by Gasteiger charge is 2.19.